The molecule has 0 saturated carbocycles. The first-order chi connectivity index (χ1) is 9.15. The van der Waals surface area contributed by atoms with E-state index in [1.807, 2.05) is 12.1 Å². The number of nitrogens with zero attached hydrogens (tertiary/aromatic N) is 4. The van der Waals surface area contributed by atoms with Gasteiger partial charge in [0.15, 0.2) is 5.69 Å². The molecule has 0 unspecified atom stereocenters. The standard InChI is InChI=1S/C12H10ClN5O/c1-8-11(12(19)15-7-6-14)16-17-18(8)10-5-3-2-4-9(10)13/h2-5H,7H2,1H3,(H,15,19). The fourth-order valence-corrected chi connectivity index (χ4v) is 1.81. The lowest BCUT2D eigenvalue weighted by molar-refractivity contribution is 0.0953. The van der Waals surface area contributed by atoms with Crippen LogP contribution in [0.15, 0.2) is 24.3 Å². The highest BCUT2D eigenvalue weighted by molar-refractivity contribution is 6.32. The lowest BCUT2D eigenvalue weighted by Crippen LogP contribution is -2.24. The molecule has 0 atom stereocenters. The summed E-state index contributed by atoms with van der Waals surface area (Å²) < 4.78 is 1.49. The number of amides is 1. The molecule has 2 rings (SSSR count). The first kappa shape index (κ1) is 13.1. The van der Waals surface area contributed by atoms with E-state index in [0.717, 1.165) is 0 Å². The molecule has 7 heteroatoms. The van der Waals surface area contributed by atoms with E-state index in [1.165, 1.54) is 4.68 Å². The quantitative estimate of drug-likeness (QED) is 0.860. The van der Waals surface area contributed by atoms with Crippen molar-refractivity contribution < 1.29 is 4.79 Å². The summed E-state index contributed by atoms with van der Waals surface area (Å²) in [7, 11) is 0. The minimum absolute atomic E-state index is 0.0722. The zero-order valence-electron chi connectivity index (χ0n) is 10.1. The molecule has 6 nitrogen and oxygen atoms in total. The van der Waals surface area contributed by atoms with Gasteiger partial charge in [-0.25, -0.2) is 4.68 Å². The van der Waals surface area contributed by atoms with E-state index < -0.39 is 5.91 Å². The van der Waals surface area contributed by atoms with Gasteiger partial charge in [-0.1, -0.05) is 28.9 Å². The van der Waals surface area contributed by atoms with Crippen LogP contribution in [0.4, 0.5) is 0 Å². The molecule has 0 radical (unpaired) electrons. The summed E-state index contributed by atoms with van der Waals surface area (Å²) in [6, 6.07) is 8.96. The predicted molar refractivity (Wildman–Crippen MR) is 69.1 cm³/mol. The van der Waals surface area contributed by atoms with Crippen LogP contribution in [0.1, 0.15) is 16.2 Å². The van der Waals surface area contributed by atoms with Crippen molar-refractivity contribution in [1.29, 1.82) is 5.26 Å². The Hall–Kier alpha value is -2.39. The zero-order valence-corrected chi connectivity index (χ0v) is 10.8. The second-order valence-electron chi connectivity index (χ2n) is 3.73. The Morgan fingerprint density at radius 1 is 1.53 bits per heavy atom. The maximum atomic E-state index is 11.7. The van der Waals surface area contributed by atoms with Crippen LogP contribution in [0.3, 0.4) is 0 Å². The highest BCUT2D eigenvalue weighted by Gasteiger charge is 2.17. The van der Waals surface area contributed by atoms with Gasteiger partial charge in [-0.2, -0.15) is 5.26 Å². The van der Waals surface area contributed by atoms with Crippen LogP contribution in [0.2, 0.25) is 5.02 Å². The van der Waals surface area contributed by atoms with Crippen molar-refractivity contribution in [3.8, 4) is 11.8 Å². The van der Waals surface area contributed by atoms with E-state index in [4.69, 9.17) is 16.9 Å². The van der Waals surface area contributed by atoms with Gasteiger partial charge in [0.2, 0.25) is 0 Å². The number of rotatable bonds is 3. The number of nitrogens with one attached hydrogen (secondary N) is 1. The first-order valence-corrected chi connectivity index (χ1v) is 5.85. The molecular formula is C12H10ClN5O. The third-order valence-corrected chi connectivity index (χ3v) is 2.84. The molecule has 0 aliphatic rings. The van der Waals surface area contributed by atoms with Crippen LogP contribution in [0, 0.1) is 18.3 Å². The number of halogens is 1. The SMILES string of the molecule is Cc1c(C(=O)NCC#N)nnn1-c1ccccc1Cl. The van der Waals surface area contributed by atoms with Crippen LogP contribution in [-0.4, -0.2) is 27.4 Å². The van der Waals surface area contributed by atoms with Crippen molar-refractivity contribution >= 4 is 17.5 Å². The van der Waals surface area contributed by atoms with Crippen molar-refractivity contribution in [2.75, 3.05) is 6.54 Å². The molecule has 2 aromatic rings. The van der Waals surface area contributed by atoms with Crippen molar-refractivity contribution in [2.45, 2.75) is 6.92 Å². The van der Waals surface area contributed by atoms with Gasteiger partial charge in [0.05, 0.1) is 22.5 Å². The molecule has 1 aromatic carbocycles. The molecule has 1 aromatic heterocycles. The van der Waals surface area contributed by atoms with Crippen LogP contribution >= 0.6 is 11.6 Å². The number of carbonyl (C=O) groups excluding carboxylic acids is 1. The predicted octanol–water partition coefficient (Wildman–Crippen LogP) is 1.48. The number of carbonyl (C=O) groups is 1. The summed E-state index contributed by atoms with van der Waals surface area (Å²) in [5.74, 6) is -0.433. The summed E-state index contributed by atoms with van der Waals surface area (Å²) in [5, 5.41) is 19.1. The summed E-state index contributed by atoms with van der Waals surface area (Å²) in [4.78, 5) is 11.7. The first-order valence-electron chi connectivity index (χ1n) is 5.47. The van der Waals surface area contributed by atoms with Crippen LogP contribution < -0.4 is 5.32 Å². The lowest BCUT2D eigenvalue weighted by atomic mass is 10.3. The van der Waals surface area contributed by atoms with E-state index in [1.54, 1.807) is 25.1 Å². The Balaban J connectivity index is 2.37. The smallest absolute Gasteiger partial charge is 0.274 e. The van der Waals surface area contributed by atoms with Gasteiger partial charge in [-0.3, -0.25) is 4.79 Å². The normalized spacial score (nSPS) is 9.95. The van der Waals surface area contributed by atoms with Crippen LogP contribution in [0.25, 0.3) is 5.69 Å². The van der Waals surface area contributed by atoms with Crippen LogP contribution in [0.5, 0.6) is 0 Å². The number of hydrogen-bond donors (Lipinski definition) is 1. The van der Waals surface area contributed by atoms with E-state index in [0.29, 0.717) is 16.4 Å². The van der Waals surface area contributed by atoms with Gasteiger partial charge in [-0.05, 0) is 19.1 Å². The maximum absolute atomic E-state index is 11.7. The van der Waals surface area contributed by atoms with Crippen LogP contribution in [-0.2, 0) is 0 Å². The molecule has 0 spiro atoms. The summed E-state index contributed by atoms with van der Waals surface area (Å²) in [6.45, 7) is 1.64. The number of para-hydroxylation sites is 1. The average Bonchev–Trinajstić information content (AvgIpc) is 2.78. The molecule has 0 aliphatic heterocycles. The molecule has 96 valence electrons. The molecule has 1 heterocycles. The van der Waals surface area contributed by atoms with E-state index in [-0.39, 0.29) is 12.2 Å². The van der Waals surface area contributed by atoms with Crippen molar-refractivity contribution in [2.24, 2.45) is 0 Å². The van der Waals surface area contributed by atoms with Gasteiger partial charge >= 0.3 is 0 Å². The molecule has 0 aliphatic carbocycles. The molecule has 1 amide bonds. The minimum Gasteiger partial charge on any atom is -0.337 e. The second kappa shape index (κ2) is 5.50. The molecule has 0 fully saturated rings. The van der Waals surface area contributed by atoms with Gasteiger partial charge in [0.25, 0.3) is 5.91 Å². The third kappa shape index (κ3) is 2.56. The summed E-state index contributed by atoms with van der Waals surface area (Å²) in [6.07, 6.45) is 0. The Labute approximate surface area is 114 Å². The molecular weight excluding hydrogens is 266 g/mol. The average molecular weight is 276 g/mol. The number of benzene rings is 1. The Kier molecular flexibility index (Phi) is 3.78. The largest absolute Gasteiger partial charge is 0.337 e. The molecule has 0 saturated heterocycles. The maximum Gasteiger partial charge on any atom is 0.274 e. The van der Waals surface area contributed by atoms with E-state index in [9.17, 15) is 4.79 Å². The van der Waals surface area contributed by atoms with E-state index >= 15 is 0 Å². The van der Waals surface area contributed by atoms with Crippen molar-refractivity contribution in [3.05, 3.63) is 40.7 Å². The van der Waals surface area contributed by atoms with Gasteiger partial charge in [0.1, 0.15) is 6.54 Å². The molecule has 0 bridgehead atoms. The van der Waals surface area contributed by atoms with Crippen molar-refractivity contribution in [3.63, 3.8) is 0 Å². The van der Waals surface area contributed by atoms with Crippen molar-refractivity contribution in [1.82, 2.24) is 20.3 Å². The molecule has 1 N–H and O–H groups in total. The summed E-state index contributed by atoms with van der Waals surface area (Å²) >= 11 is 6.07. The van der Waals surface area contributed by atoms with Gasteiger partial charge < -0.3 is 5.32 Å². The Morgan fingerprint density at radius 3 is 2.95 bits per heavy atom. The Bertz CT molecular complexity index is 658. The van der Waals surface area contributed by atoms with E-state index in [2.05, 4.69) is 15.6 Å². The monoisotopic (exact) mass is 275 g/mol. The van der Waals surface area contributed by atoms with Gasteiger partial charge in [0, 0.05) is 0 Å². The minimum atomic E-state index is -0.433. The van der Waals surface area contributed by atoms with Gasteiger partial charge in [-0.15, -0.1) is 5.10 Å². The summed E-state index contributed by atoms with van der Waals surface area (Å²) in [5.41, 5.74) is 1.38. The fraction of sp³-hybridized carbons (Fsp3) is 0.167. The lowest BCUT2D eigenvalue weighted by Gasteiger charge is -2.05. The highest BCUT2D eigenvalue weighted by atomic mass is 35.5. The number of aromatic nitrogens is 3. The number of nitriles is 1. The molecule has 19 heavy (non-hydrogen) atoms. The number of hydrogen-bond acceptors (Lipinski definition) is 4. The second-order valence-corrected chi connectivity index (χ2v) is 4.13. The zero-order chi connectivity index (χ0) is 13.8. The topological polar surface area (TPSA) is 83.6 Å². The third-order valence-electron chi connectivity index (χ3n) is 2.52. The Morgan fingerprint density at radius 2 is 2.26 bits per heavy atom. The highest BCUT2D eigenvalue weighted by Crippen LogP contribution is 2.20. The fourth-order valence-electron chi connectivity index (χ4n) is 1.59.